The molecule has 3 N–H and O–H groups in total. The van der Waals surface area contributed by atoms with Gasteiger partial charge in [-0.3, -0.25) is 87.2 Å². The van der Waals surface area contributed by atoms with Crippen molar-refractivity contribution in [2.75, 3.05) is 122 Å². The van der Waals surface area contributed by atoms with Crippen LogP contribution >= 0.6 is 47.0 Å². The lowest BCUT2D eigenvalue weighted by Crippen LogP contribution is -2.52. The van der Waals surface area contributed by atoms with E-state index in [1.807, 2.05) is 159 Å². The Bertz CT molecular complexity index is 3930. The van der Waals surface area contributed by atoms with Gasteiger partial charge in [-0.2, -0.15) is 0 Å². The summed E-state index contributed by atoms with van der Waals surface area (Å²) in [5.41, 5.74) is 0.326. The van der Waals surface area contributed by atoms with Crippen LogP contribution in [0, 0.1) is 50.5 Å². The first-order chi connectivity index (χ1) is 69.8. The van der Waals surface area contributed by atoms with Gasteiger partial charge in [0, 0.05) is 175 Å². The molecule has 0 aromatic heterocycles. The van der Waals surface area contributed by atoms with E-state index in [1.165, 1.54) is 73.7 Å². The topological polar surface area (TPSA) is 404 Å². The van der Waals surface area contributed by atoms with E-state index < -0.39 is 5.54 Å². The van der Waals surface area contributed by atoms with Gasteiger partial charge >= 0.3 is 12.1 Å². The summed E-state index contributed by atoms with van der Waals surface area (Å²) >= 11 is 6.15. The van der Waals surface area contributed by atoms with Gasteiger partial charge in [0.25, 0.3) is 11.2 Å². The zero-order chi connectivity index (χ0) is 111. The summed E-state index contributed by atoms with van der Waals surface area (Å²) in [6.07, 6.45) is 19.6. The molecule has 4 fully saturated rings. The van der Waals surface area contributed by atoms with Gasteiger partial charge in [-0.1, -0.05) is 148 Å². The molecular formula is C111H194N11O22S4+. The molecule has 0 spiro atoms. The number of thioether (sulfide) groups is 4. The highest BCUT2D eigenvalue weighted by atomic mass is 32.2. The molecule has 0 radical (unpaired) electrons. The second kappa shape index (κ2) is 76.7. The van der Waals surface area contributed by atoms with Crippen LogP contribution in [0.1, 0.15) is 364 Å². The Hall–Kier alpha value is -6.84. The van der Waals surface area contributed by atoms with Crippen molar-refractivity contribution in [2.24, 2.45) is 35.5 Å². The van der Waals surface area contributed by atoms with E-state index in [2.05, 4.69) is 57.5 Å². The Labute approximate surface area is 905 Å². The molecule has 12 amide bonds. The Morgan fingerprint density at radius 1 is 0.392 bits per heavy atom. The third-order valence-corrected chi connectivity index (χ3v) is 29.8. The first kappa shape index (κ1) is 137. The minimum atomic E-state index is -1.35. The number of ether oxygens (including phenoxy) is 5. The van der Waals surface area contributed by atoms with Crippen LogP contribution < -0.4 is 16.0 Å². The van der Waals surface area contributed by atoms with Gasteiger partial charge in [0.1, 0.15) is 49.1 Å². The van der Waals surface area contributed by atoms with Crippen molar-refractivity contribution >= 4 is 135 Å². The Balaban J connectivity index is 0.000000722. The third kappa shape index (κ3) is 59.6. The summed E-state index contributed by atoms with van der Waals surface area (Å²) in [6.45, 7) is 53.0. The summed E-state index contributed by atoms with van der Waals surface area (Å²) in [5, 5.41) is 19.7. The highest BCUT2D eigenvalue weighted by Crippen LogP contribution is 2.34. The van der Waals surface area contributed by atoms with Crippen molar-refractivity contribution in [3.63, 3.8) is 0 Å². The van der Waals surface area contributed by atoms with Gasteiger partial charge in [-0.25, -0.2) is 9.59 Å². The van der Waals surface area contributed by atoms with Gasteiger partial charge < -0.3 is 49.4 Å². The number of nitro groups is 1. The summed E-state index contributed by atoms with van der Waals surface area (Å²) in [4.78, 5) is 206. The molecule has 0 aliphatic carbocycles. The van der Waals surface area contributed by atoms with Crippen LogP contribution in [0.2, 0.25) is 0 Å². The van der Waals surface area contributed by atoms with Gasteiger partial charge in [-0.05, 0) is 203 Å². The van der Waals surface area contributed by atoms with Gasteiger partial charge in [-0.15, -0.1) is 47.0 Å². The lowest BCUT2D eigenvalue weighted by molar-refractivity contribution is -0.584. The smallest absolute Gasteiger partial charge is 0.317 e. The van der Waals surface area contributed by atoms with Crippen molar-refractivity contribution in [1.29, 1.82) is 0 Å². The van der Waals surface area contributed by atoms with Crippen molar-refractivity contribution < 1.29 is 100 Å². The number of amides is 12. The fourth-order valence-electron chi connectivity index (χ4n) is 16.6. The van der Waals surface area contributed by atoms with Crippen LogP contribution in [-0.2, 0) is 81.2 Å². The largest absolute Gasteiger partial charge is 0.377 e. The zero-order valence-corrected chi connectivity index (χ0v) is 98.4. The van der Waals surface area contributed by atoms with E-state index in [0.717, 1.165) is 142 Å². The van der Waals surface area contributed by atoms with Gasteiger partial charge in [0.15, 0.2) is 7.05 Å². The molecule has 5 rings (SSSR count). The molecular weight excluding hydrogens is 1970 g/mol. The molecule has 4 aliphatic heterocycles. The standard InChI is InChI=1S/C40H68N4O7S2.C39H66N4O7S2.C19H33N2O3.C13H27NO5/c1-29(2)15-18-41-40(51)42(19-11-7-9-13-23-52-34-27-36(47)43(38(34)49)21-16-32(45)25-30(3)4)20-12-8-10-14-24-53-35-28-37(48)44(39(35)50)22-17-33(46)26-31(5)6;1-28(2)23-31(44)15-19-42-35(46)25-33(37(42)48)51-21-13-9-7-11-17-41(39(50)40-27-30(5)6)18-12-8-10-14-22-52-34-26-36(47)43(38(34)49)20-16-32(45)24-29(3)4;1-13(2)20-18(12-23-14(3)4)19(24-15(5)6)16-8-10-17(11-9-16)21(7)22;1-10(2)17-7-13(14(15)16,8-18-11(3)4)9-19-12(5)6/h29-31,34-35H,7-28H2,1-6H3,(H,41,51);28-30,33-34H,7-27H2,1-6H3,(H,40,50);8-11,13-15,18-20H,12H2,1-7H3;10-12H,7-9H2,1-6H3/q;;+1;. The van der Waals surface area contributed by atoms with Crippen LogP contribution in [0.25, 0.3) is 0 Å². The molecule has 4 aliphatic rings. The minimum absolute atomic E-state index is 0.0168. The number of nitrogens with zero attached hydrogens (tertiary/aromatic N) is 8. The number of benzene rings is 1. The molecule has 1 aromatic rings. The summed E-state index contributed by atoms with van der Waals surface area (Å²) in [5.74, 6) is 4.11. The highest BCUT2D eigenvalue weighted by molar-refractivity contribution is 8.01. The number of imide groups is 4. The average Bonchev–Trinajstić information content (AvgIpc) is 1.79. The SMILES string of the molecule is CC(C)CCNC(=O)N(CCCCCCSC1CC(=O)N(CCC(=O)CC(C)C)C1=O)CCCCCCSC1CC(=O)N(CCC(=O)CC(C)C)C1=O.CC(C)CNC(=O)N(CCCCCCSC1CC(=O)N(CCC(=O)CC(C)C)C1=O)CCCCCCSC1CC(=O)N(CCC(=O)CC(C)C)C1=O.CC(C)NC(COC(C)C)C(OC(C)C)c1ccc([N+](C)=O)cc1.CC(C)OCC(COC(C)C)(COC(C)C)[N+](=O)[O-]. The molecule has 4 saturated heterocycles. The van der Waals surface area contributed by atoms with Crippen LogP contribution in [-0.4, -0.2) is 313 Å². The maximum atomic E-state index is 13.0. The van der Waals surface area contributed by atoms with Crippen molar-refractivity contribution in [1.82, 2.24) is 45.3 Å². The second-order valence-electron chi connectivity index (χ2n) is 44.0. The maximum absolute atomic E-state index is 13.0. The van der Waals surface area contributed by atoms with Crippen LogP contribution in [0.5, 0.6) is 0 Å². The molecule has 0 saturated carbocycles. The Morgan fingerprint density at radius 2 is 0.682 bits per heavy atom. The number of hydrogen-bond donors (Lipinski definition) is 3. The molecule has 37 heteroatoms. The fourth-order valence-corrected chi connectivity index (χ4v) is 21.3. The first-order valence-electron chi connectivity index (χ1n) is 55.3. The molecule has 33 nitrogen and oxygen atoms in total. The van der Waals surface area contributed by atoms with Crippen molar-refractivity contribution in [3.8, 4) is 0 Å². The number of ketones is 4. The lowest BCUT2D eigenvalue weighted by atomic mass is 10.0. The summed E-state index contributed by atoms with van der Waals surface area (Å²) in [7, 11) is 1.50. The monoisotopic (exact) mass is 2160 g/mol. The van der Waals surface area contributed by atoms with E-state index in [9.17, 15) is 82.1 Å². The molecule has 6 unspecified atom stereocenters. The van der Waals surface area contributed by atoms with E-state index in [-0.39, 0.29) is 272 Å². The first-order valence-corrected chi connectivity index (χ1v) is 59.5. The highest BCUT2D eigenvalue weighted by Gasteiger charge is 2.47. The van der Waals surface area contributed by atoms with E-state index >= 15 is 0 Å². The predicted octanol–water partition coefficient (Wildman–Crippen LogP) is 19.7. The number of carbonyl (C=O) groups is 14. The number of nitrogens with one attached hydrogen (secondary N) is 3. The van der Waals surface area contributed by atoms with Crippen LogP contribution in [0.3, 0.4) is 0 Å². The number of Topliss-reactive ketones (excluding diaryl/α,β-unsaturated/α-hetero) is 4. The molecule has 6 atom stereocenters. The quantitative estimate of drug-likeness (QED) is 0.0179. The lowest BCUT2D eigenvalue weighted by Gasteiger charge is -2.32. The normalized spacial score (nSPS) is 16.5. The van der Waals surface area contributed by atoms with E-state index in [4.69, 9.17) is 23.7 Å². The Kier molecular flexibility index (Phi) is 71.1. The molecule has 148 heavy (non-hydrogen) atoms. The van der Waals surface area contributed by atoms with E-state index in [1.54, 1.807) is 0 Å². The fraction of sp³-hybridized carbons (Fsp3) is 0.820. The van der Waals surface area contributed by atoms with Gasteiger partial charge in [0.05, 0.1) is 64.2 Å². The molecule has 848 valence electrons. The zero-order valence-electron chi connectivity index (χ0n) is 95.1. The second-order valence-corrected chi connectivity index (χ2v) is 49.3. The maximum Gasteiger partial charge on any atom is 0.317 e. The van der Waals surface area contributed by atoms with Crippen molar-refractivity contribution in [3.05, 3.63) is 44.9 Å². The third-order valence-electron chi connectivity index (χ3n) is 24.6. The number of carbonyl (C=O) groups excluding carboxylic acids is 14. The number of rotatable bonds is 77. The van der Waals surface area contributed by atoms with Crippen LogP contribution in [0.15, 0.2) is 24.3 Å². The van der Waals surface area contributed by atoms with Gasteiger partial charge in [0.2, 0.25) is 47.3 Å². The minimum Gasteiger partial charge on any atom is -0.377 e. The van der Waals surface area contributed by atoms with Crippen molar-refractivity contribution in [2.45, 2.75) is 428 Å². The summed E-state index contributed by atoms with van der Waals surface area (Å²) in [6, 6.07) is 7.88. The number of hydrogen-bond acceptors (Lipinski definition) is 27. The van der Waals surface area contributed by atoms with Crippen LogP contribution in [0.4, 0.5) is 15.3 Å². The number of likely N-dealkylation sites (tertiary alicyclic amines) is 4. The molecule has 1 aromatic carbocycles. The summed E-state index contributed by atoms with van der Waals surface area (Å²) < 4.78 is 29.2. The number of nitroso groups, excluding NO2 is 1. The molecule has 4 heterocycles. The molecule has 0 bridgehead atoms. The number of unbranched alkanes of at least 4 members (excludes halogenated alkanes) is 12. The predicted molar refractivity (Wildman–Crippen MR) is 596 cm³/mol. The average molecular weight is 2160 g/mol. The Morgan fingerprint density at radius 3 is 0.932 bits per heavy atom. The number of urea groups is 2. The van der Waals surface area contributed by atoms with E-state index in [0.29, 0.717) is 95.1 Å².